The highest BCUT2D eigenvalue weighted by atomic mass is 32.1. The Labute approximate surface area is 136 Å². The molecule has 22 heavy (non-hydrogen) atoms. The second kappa shape index (κ2) is 6.16. The predicted octanol–water partition coefficient (Wildman–Crippen LogP) is 0.950. The fourth-order valence-corrected chi connectivity index (χ4v) is 2.68. The third kappa shape index (κ3) is 3.91. The molecule has 1 aliphatic rings. The topological polar surface area (TPSA) is 84.1 Å². The summed E-state index contributed by atoms with van der Waals surface area (Å²) in [6.07, 6.45) is 2.87. The molecule has 0 spiro atoms. The van der Waals surface area contributed by atoms with Gasteiger partial charge in [-0.05, 0) is 40.0 Å². The lowest BCUT2D eigenvalue weighted by Gasteiger charge is -2.25. The Balaban J connectivity index is 2.24. The minimum atomic E-state index is -0.254. The number of thiocarbonyl (C=S) groups is 1. The van der Waals surface area contributed by atoms with Gasteiger partial charge in [0.1, 0.15) is 10.8 Å². The largest absolute Gasteiger partial charge is 0.387 e. The van der Waals surface area contributed by atoms with Crippen LogP contribution < -0.4 is 16.0 Å². The van der Waals surface area contributed by atoms with Gasteiger partial charge < -0.3 is 16.0 Å². The summed E-state index contributed by atoms with van der Waals surface area (Å²) in [7, 11) is 1.85. The molecule has 1 heterocycles. The zero-order valence-corrected chi connectivity index (χ0v) is 14.4. The Bertz CT molecular complexity index is 609. The van der Waals surface area contributed by atoms with Crippen LogP contribution in [-0.2, 0) is 17.6 Å². The van der Waals surface area contributed by atoms with Gasteiger partial charge in [-0.15, -0.1) is 0 Å². The maximum atomic E-state index is 12.1. The lowest BCUT2D eigenvalue weighted by molar-refractivity contribution is -0.121. The number of nitrogens with zero attached hydrogens (tertiary/aromatic N) is 3. The molecule has 7 heteroatoms. The molecule has 6 nitrogen and oxygen atoms in total. The number of aryl methyl sites for hydroxylation is 1. The summed E-state index contributed by atoms with van der Waals surface area (Å²) in [6.45, 7) is 6.10. The summed E-state index contributed by atoms with van der Waals surface area (Å²) in [5, 5.41) is 2.95. The van der Waals surface area contributed by atoms with E-state index >= 15 is 0 Å². The minimum Gasteiger partial charge on any atom is -0.387 e. The number of carbonyl (C=O) groups is 1. The van der Waals surface area contributed by atoms with E-state index in [1.165, 1.54) is 0 Å². The van der Waals surface area contributed by atoms with Crippen molar-refractivity contribution in [2.75, 3.05) is 18.5 Å². The number of hydrogen-bond acceptors (Lipinski definition) is 5. The number of rotatable bonds is 4. The van der Waals surface area contributed by atoms with Crippen LogP contribution in [0.15, 0.2) is 0 Å². The summed E-state index contributed by atoms with van der Waals surface area (Å²) in [4.78, 5) is 23.0. The zero-order valence-electron chi connectivity index (χ0n) is 13.6. The number of anilines is 1. The molecule has 1 aliphatic carbocycles. The third-order valence-corrected chi connectivity index (χ3v) is 3.57. The molecule has 0 aliphatic heterocycles. The van der Waals surface area contributed by atoms with E-state index in [4.69, 9.17) is 18.0 Å². The van der Waals surface area contributed by atoms with Crippen molar-refractivity contribution in [2.45, 2.75) is 45.6 Å². The van der Waals surface area contributed by atoms with Crippen LogP contribution in [0.3, 0.4) is 0 Å². The quantitative estimate of drug-likeness (QED) is 0.803. The first kappa shape index (κ1) is 16.6. The van der Waals surface area contributed by atoms with Gasteiger partial charge in [0, 0.05) is 23.8 Å². The van der Waals surface area contributed by atoms with E-state index in [9.17, 15) is 4.79 Å². The normalized spacial score (nSPS) is 13.6. The first-order valence-corrected chi connectivity index (χ1v) is 7.80. The van der Waals surface area contributed by atoms with Crippen LogP contribution in [0.5, 0.6) is 0 Å². The Morgan fingerprint density at radius 1 is 1.36 bits per heavy atom. The van der Waals surface area contributed by atoms with Gasteiger partial charge in [-0.2, -0.15) is 0 Å². The van der Waals surface area contributed by atoms with E-state index in [2.05, 4.69) is 15.3 Å². The number of nitrogens with one attached hydrogen (secondary N) is 1. The van der Waals surface area contributed by atoms with Crippen molar-refractivity contribution in [1.82, 2.24) is 15.3 Å². The lowest BCUT2D eigenvalue weighted by atomic mass is 10.1. The summed E-state index contributed by atoms with van der Waals surface area (Å²) in [5.41, 5.74) is 7.51. The van der Waals surface area contributed by atoms with Gasteiger partial charge in [-0.25, -0.2) is 9.97 Å². The molecule has 0 atom stereocenters. The number of carbonyl (C=O) groups excluding carboxylic acids is 1. The highest BCUT2D eigenvalue weighted by molar-refractivity contribution is 7.80. The van der Waals surface area contributed by atoms with Crippen molar-refractivity contribution in [1.29, 1.82) is 0 Å². The fourth-order valence-electron chi connectivity index (χ4n) is 2.59. The molecule has 0 bridgehead atoms. The van der Waals surface area contributed by atoms with Gasteiger partial charge in [0.05, 0.1) is 6.54 Å². The average molecular weight is 321 g/mol. The first-order valence-electron chi connectivity index (χ1n) is 7.39. The van der Waals surface area contributed by atoms with Crippen molar-refractivity contribution < 1.29 is 4.79 Å². The Morgan fingerprint density at radius 3 is 2.64 bits per heavy atom. The molecule has 1 aromatic rings. The molecular weight excluding hydrogens is 298 g/mol. The summed E-state index contributed by atoms with van der Waals surface area (Å²) in [5.74, 6) is 1.10. The summed E-state index contributed by atoms with van der Waals surface area (Å²) in [6, 6.07) is 0. The van der Waals surface area contributed by atoms with E-state index in [0.29, 0.717) is 5.82 Å². The maximum absolute atomic E-state index is 12.1. The van der Waals surface area contributed by atoms with Crippen LogP contribution in [0.25, 0.3) is 0 Å². The van der Waals surface area contributed by atoms with Crippen molar-refractivity contribution >= 4 is 28.9 Å². The zero-order chi connectivity index (χ0) is 16.5. The molecular formula is C15H23N5OS. The van der Waals surface area contributed by atoms with E-state index in [1.54, 1.807) is 0 Å². The number of nitrogens with two attached hydrogens (primary N) is 1. The third-order valence-electron chi connectivity index (χ3n) is 3.39. The van der Waals surface area contributed by atoms with Crippen molar-refractivity contribution in [2.24, 2.45) is 5.73 Å². The monoisotopic (exact) mass is 321 g/mol. The average Bonchev–Trinajstić information content (AvgIpc) is 2.82. The maximum Gasteiger partial charge on any atom is 0.239 e. The van der Waals surface area contributed by atoms with Gasteiger partial charge in [-0.1, -0.05) is 12.2 Å². The van der Waals surface area contributed by atoms with Crippen molar-refractivity contribution in [3.8, 4) is 0 Å². The molecule has 0 unspecified atom stereocenters. The highest BCUT2D eigenvalue weighted by Crippen LogP contribution is 2.28. The minimum absolute atomic E-state index is 0.0442. The van der Waals surface area contributed by atoms with Crippen LogP contribution in [0.4, 0.5) is 5.82 Å². The second-order valence-electron chi connectivity index (χ2n) is 6.67. The summed E-state index contributed by atoms with van der Waals surface area (Å²) >= 11 is 4.99. The van der Waals surface area contributed by atoms with E-state index in [0.717, 1.165) is 36.3 Å². The molecule has 120 valence electrons. The van der Waals surface area contributed by atoms with E-state index in [1.807, 2.05) is 32.7 Å². The van der Waals surface area contributed by atoms with Crippen LogP contribution in [-0.4, -0.2) is 40.0 Å². The number of likely N-dealkylation sites (N-methyl/N-ethyl adjacent to an activating group) is 1. The number of aromatic nitrogens is 2. The van der Waals surface area contributed by atoms with Gasteiger partial charge >= 0.3 is 0 Å². The van der Waals surface area contributed by atoms with Crippen LogP contribution in [0.1, 0.15) is 44.3 Å². The smallest absolute Gasteiger partial charge is 0.239 e. The van der Waals surface area contributed by atoms with Gasteiger partial charge in [0.15, 0.2) is 5.82 Å². The van der Waals surface area contributed by atoms with Crippen LogP contribution in [0.2, 0.25) is 0 Å². The van der Waals surface area contributed by atoms with Gasteiger partial charge in [0.2, 0.25) is 5.91 Å². The Kier molecular flexibility index (Phi) is 4.65. The molecule has 0 saturated carbocycles. The Hall–Kier alpha value is -1.76. The van der Waals surface area contributed by atoms with Crippen LogP contribution >= 0.6 is 12.2 Å². The van der Waals surface area contributed by atoms with Crippen LogP contribution in [0, 0.1) is 0 Å². The molecule has 1 aromatic heterocycles. The molecule has 0 fully saturated rings. The molecule has 2 rings (SSSR count). The first-order chi connectivity index (χ1) is 10.2. The van der Waals surface area contributed by atoms with Gasteiger partial charge in [0.25, 0.3) is 0 Å². The molecule has 0 aromatic carbocycles. The fraction of sp³-hybridized carbons (Fsp3) is 0.600. The van der Waals surface area contributed by atoms with Crippen molar-refractivity contribution in [3.63, 3.8) is 0 Å². The standard InChI is InChI=1S/C15H23N5OS/c1-15(2,3)19-11(21)8-20(4)14-9-6-5-7-10(9)17-13(18-14)12(16)22/h5-8H2,1-4H3,(H2,16,22)(H,19,21). The number of hydrogen-bond donors (Lipinski definition) is 2. The molecule has 3 N–H and O–H groups in total. The SMILES string of the molecule is CN(CC(=O)NC(C)(C)C)c1nc(C(N)=S)nc2c1CCC2. The highest BCUT2D eigenvalue weighted by Gasteiger charge is 2.24. The summed E-state index contributed by atoms with van der Waals surface area (Å²) < 4.78 is 0. The van der Waals surface area contributed by atoms with Gasteiger partial charge in [-0.3, -0.25) is 4.79 Å². The molecule has 0 saturated heterocycles. The lowest BCUT2D eigenvalue weighted by Crippen LogP contribution is -2.45. The number of amides is 1. The van der Waals surface area contributed by atoms with E-state index in [-0.39, 0.29) is 23.0 Å². The number of fused-ring (bicyclic) bond motifs is 1. The van der Waals surface area contributed by atoms with E-state index < -0.39 is 0 Å². The molecule has 1 amide bonds. The predicted molar refractivity (Wildman–Crippen MR) is 91.1 cm³/mol. The second-order valence-corrected chi connectivity index (χ2v) is 7.11. The van der Waals surface area contributed by atoms with Crippen molar-refractivity contribution in [3.05, 3.63) is 17.1 Å². The Morgan fingerprint density at radius 2 is 2.05 bits per heavy atom. The molecule has 0 radical (unpaired) electrons.